The number of fused-ring (bicyclic) bond motifs is 2. The van der Waals surface area contributed by atoms with Crippen molar-refractivity contribution in [2.75, 3.05) is 13.7 Å². The summed E-state index contributed by atoms with van der Waals surface area (Å²) in [7, 11) is 1.62. The number of aryl methyl sites for hydroxylation is 1. The summed E-state index contributed by atoms with van der Waals surface area (Å²) in [5, 5.41) is 0.967. The molecule has 3 aromatic carbocycles. The van der Waals surface area contributed by atoms with Gasteiger partial charge in [0, 0.05) is 35.3 Å². The van der Waals surface area contributed by atoms with Crippen LogP contribution in [0.5, 0.6) is 17.2 Å². The molecule has 0 atom stereocenters. The number of rotatable bonds is 8. The highest BCUT2D eigenvalue weighted by molar-refractivity contribution is 6.15. The molecule has 1 aromatic heterocycles. The van der Waals surface area contributed by atoms with Crippen LogP contribution < -0.4 is 14.2 Å². The maximum absolute atomic E-state index is 13.0. The highest BCUT2D eigenvalue weighted by Crippen LogP contribution is 2.36. The van der Waals surface area contributed by atoms with E-state index in [1.54, 1.807) is 31.4 Å². The fourth-order valence-electron chi connectivity index (χ4n) is 4.13. The Labute approximate surface area is 208 Å². The van der Waals surface area contributed by atoms with Crippen molar-refractivity contribution in [2.24, 2.45) is 0 Å². The lowest BCUT2D eigenvalue weighted by molar-refractivity contribution is -0.147. The first-order chi connectivity index (χ1) is 17.6. The van der Waals surface area contributed by atoms with Crippen molar-refractivity contribution in [3.8, 4) is 17.2 Å². The molecule has 1 aliphatic heterocycles. The second-order valence-corrected chi connectivity index (χ2v) is 8.29. The Bertz CT molecular complexity index is 1470. The predicted octanol–water partition coefficient (Wildman–Crippen LogP) is 5.41. The van der Waals surface area contributed by atoms with Crippen molar-refractivity contribution in [3.05, 3.63) is 95.4 Å². The lowest BCUT2D eigenvalue weighted by Gasteiger charge is -2.08. The normalized spacial score (nSPS) is 13.5. The molecule has 36 heavy (non-hydrogen) atoms. The minimum absolute atomic E-state index is 0.180. The van der Waals surface area contributed by atoms with E-state index >= 15 is 0 Å². The fraction of sp³-hybridized carbons (Fsp3) is 0.172. The average Bonchev–Trinajstić information content (AvgIpc) is 3.42. The Morgan fingerprint density at radius 3 is 2.61 bits per heavy atom. The van der Waals surface area contributed by atoms with Crippen LogP contribution in [0.25, 0.3) is 17.0 Å². The van der Waals surface area contributed by atoms with Gasteiger partial charge in [0.2, 0.25) is 5.78 Å². The molecule has 1 aliphatic rings. The summed E-state index contributed by atoms with van der Waals surface area (Å²) in [6, 6.07) is 20.2. The summed E-state index contributed by atoms with van der Waals surface area (Å²) in [5.41, 5.74) is 3.25. The molecule has 7 nitrogen and oxygen atoms in total. The summed E-state index contributed by atoms with van der Waals surface area (Å²) >= 11 is 0. The maximum Gasteiger partial charge on any atom is 0.344 e. The van der Waals surface area contributed by atoms with Crippen molar-refractivity contribution >= 4 is 28.7 Å². The third kappa shape index (κ3) is 4.68. The lowest BCUT2D eigenvalue weighted by atomic mass is 10.1. The van der Waals surface area contributed by atoms with Gasteiger partial charge in [-0.15, -0.1) is 0 Å². The molecular weight excluding hydrogens is 458 g/mol. The Morgan fingerprint density at radius 2 is 1.83 bits per heavy atom. The van der Waals surface area contributed by atoms with Crippen LogP contribution in [0, 0.1) is 0 Å². The van der Waals surface area contributed by atoms with Crippen LogP contribution in [0.1, 0.15) is 28.4 Å². The summed E-state index contributed by atoms with van der Waals surface area (Å²) in [5.74, 6) is 1.06. The number of hydrogen-bond donors (Lipinski definition) is 0. The third-order valence-electron chi connectivity index (χ3n) is 5.99. The number of methoxy groups -OCH3 is 1. The molecule has 0 aliphatic carbocycles. The highest BCUT2D eigenvalue weighted by Gasteiger charge is 2.28. The van der Waals surface area contributed by atoms with Crippen LogP contribution in [-0.2, 0) is 22.7 Å². The van der Waals surface area contributed by atoms with E-state index in [1.807, 2.05) is 54.7 Å². The van der Waals surface area contributed by atoms with E-state index in [0.29, 0.717) is 17.1 Å². The summed E-state index contributed by atoms with van der Waals surface area (Å²) < 4.78 is 24.2. The number of ether oxygens (including phenoxy) is 4. The zero-order chi connectivity index (χ0) is 25.1. The van der Waals surface area contributed by atoms with Crippen LogP contribution in [-0.4, -0.2) is 30.0 Å². The number of ketones is 1. The predicted molar refractivity (Wildman–Crippen MR) is 135 cm³/mol. The van der Waals surface area contributed by atoms with Crippen molar-refractivity contribution in [2.45, 2.75) is 20.1 Å². The maximum atomic E-state index is 13.0. The molecule has 4 aromatic rings. The van der Waals surface area contributed by atoms with Crippen LogP contribution in [0.2, 0.25) is 0 Å². The van der Waals surface area contributed by atoms with Crippen molar-refractivity contribution in [3.63, 3.8) is 0 Å². The molecule has 0 bridgehead atoms. The lowest BCUT2D eigenvalue weighted by Crippen LogP contribution is -2.14. The van der Waals surface area contributed by atoms with E-state index in [2.05, 4.69) is 11.5 Å². The zero-order valence-corrected chi connectivity index (χ0v) is 20.0. The molecule has 0 saturated heterocycles. The molecule has 5 rings (SSSR count). The third-order valence-corrected chi connectivity index (χ3v) is 5.99. The molecule has 0 saturated carbocycles. The van der Waals surface area contributed by atoms with E-state index < -0.39 is 5.97 Å². The summed E-state index contributed by atoms with van der Waals surface area (Å²) in [4.78, 5) is 25.1. The number of carbonyl (C=O) groups excluding carboxylic acids is 2. The van der Waals surface area contributed by atoms with Gasteiger partial charge in [0.25, 0.3) is 0 Å². The van der Waals surface area contributed by atoms with Gasteiger partial charge in [-0.05, 0) is 48.9 Å². The minimum Gasteiger partial charge on any atom is -0.497 e. The second-order valence-electron chi connectivity index (χ2n) is 8.29. The molecule has 0 spiro atoms. The fourth-order valence-corrected chi connectivity index (χ4v) is 4.13. The first-order valence-corrected chi connectivity index (χ1v) is 11.6. The molecule has 7 heteroatoms. The van der Waals surface area contributed by atoms with Crippen LogP contribution in [0.15, 0.2) is 78.7 Å². The first kappa shape index (κ1) is 23.2. The first-order valence-electron chi connectivity index (χ1n) is 11.6. The van der Waals surface area contributed by atoms with Crippen molar-refractivity contribution in [1.29, 1.82) is 0 Å². The minimum atomic E-state index is -0.486. The molecule has 0 unspecified atom stereocenters. The number of esters is 1. The number of aromatic nitrogens is 1. The smallest absolute Gasteiger partial charge is 0.344 e. The van der Waals surface area contributed by atoms with Crippen LogP contribution in [0.3, 0.4) is 0 Å². The van der Waals surface area contributed by atoms with Gasteiger partial charge >= 0.3 is 5.97 Å². The Balaban J connectivity index is 1.29. The topological polar surface area (TPSA) is 76.0 Å². The van der Waals surface area contributed by atoms with Gasteiger partial charge in [0.15, 0.2) is 12.4 Å². The summed E-state index contributed by atoms with van der Waals surface area (Å²) in [6.45, 7) is 2.78. The van der Waals surface area contributed by atoms with E-state index in [1.165, 1.54) is 0 Å². The largest absolute Gasteiger partial charge is 0.497 e. The van der Waals surface area contributed by atoms with Crippen molar-refractivity contribution < 1.29 is 28.5 Å². The van der Waals surface area contributed by atoms with Gasteiger partial charge in [-0.3, -0.25) is 4.79 Å². The number of allylic oxidation sites excluding steroid dienone is 1. The Hall–Kier alpha value is -4.52. The molecule has 2 heterocycles. The molecule has 0 fully saturated rings. The molecular formula is C29H25NO6. The van der Waals surface area contributed by atoms with E-state index in [0.717, 1.165) is 34.3 Å². The van der Waals surface area contributed by atoms with Gasteiger partial charge in [-0.25, -0.2) is 4.79 Å². The van der Waals surface area contributed by atoms with Crippen LogP contribution in [0.4, 0.5) is 0 Å². The SMILES string of the molecule is CCn1cc(/C=C2\Oc3cc(OCC(=O)OCc4ccccc4)ccc3C2=O)c2cc(OC)ccc21. The average molecular weight is 484 g/mol. The number of carbonyl (C=O) groups is 2. The molecule has 182 valence electrons. The van der Waals surface area contributed by atoms with Gasteiger partial charge in [-0.2, -0.15) is 0 Å². The van der Waals surface area contributed by atoms with Gasteiger partial charge in [0.05, 0.1) is 12.7 Å². The number of Topliss-reactive ketones (excluding diaryl/α,β-unsaturated/α-hetero) is 1. The second kappa shape index (κ2) is 10.00. The van der Waals surface area contributed by atoms with Gasteiger partial charge in [0.1, 0.15) is 23.9 Å². The molecule has 0 N–H and O–H groups in total. The number of hydrogen-bond acceptors (Lipinski definition) is 6. The number of nitrogens with zero attached hydrogens (tertiary/aromatic N) is 1. The van der Waals surface area contributed by atoms with Crippen LogP contribution >= 0.6 is 0 Å². The standard InChI is InChI=1S/C29H25NO6/c1-3-30-16-20(24-14-21(33-2)10-12-25(24)30)13-27-29(32)23-11-9-22(15-26(23)36-27)34-18-28(31)35-17-19-7-5-4-6-8-19/h4-16H,3,17-18H2,1-2H3/b27-13-. The van der Waals surface area contributed by atoms with Crippen molar-refractivity contribution in [1.82, 2.24) is 4.57 Å². The Kier molecular flexibility index (Phi) is 6.45. The van der Waals surface area contributed by atoms with Gasteiger partial charge < -0.3 is 23.5 Å². The number of benzene rings is 3. The quantitative estimate of drug-likeness (QED) is 0.246. The van der Waals surface area contributed by atoms with E-state index in [4.69, 9.17) is 18.9 Å². The monoisotopic (exact) mass is 483 g/mol. The molecule has 0 amide bonds. The van der Waals surface area contributed by atoms with Gasteiger partial charge in [-0.1, -0.05) is 30.3 Å². The van der Waals surface area contributed by atoms with E-state index in [9.17, 15) is 9.59 Å². The summed E-state index contributed by atoms with van der Waals surface area (Å²) in [6.07, 6.45) is 3.74. The molecule has 0 radical (unpaired) electrons. The zero-order valence-electron chi connectivity index (χ0n) is 20.0. The highest BCUT2D eigenvalue weighted by atomic mass is 16.6. The van der Waals surface area contributed by atoms with E-state index in [-0.39, 0.29) is 24.8 Å². The Morgan fingerprint density at radius 1 is 1.03 bits per heavy atom.